The van der Waals surface area contributed by atoms with E-state index in [4.69, 9.17) is 0 Å². The Labute approximate surface area is 145 Å². The third kappa shape index (κ3) is 3.82. The Balaban J connectivity index is 1.59. The molecule has 0 aliphatic heterocycles. The van der Waals surface area contributed by atoms with Gasteiger partial charge in [0.25, 0.3) is 5.91 Å². The van der Waals surface area contributed by atoms with Crippen LogP contribution >= 0.6 is 11.3 Å². The quantitative estimate of drug-likeness (QED) is 0.837. The van der Waals surface area contributed by atoms with Gasteiger partial charge >= 0.3 is 0 Å². The first kappa shape index (κ1) is 16.6. The molecule has 5 nitrogen and oxygen atoms in total. The molecule has 1 aliphatic rings. The van der Waals surface area contributed by atoms with Gasteiger partial charge in [-0.15, -0.1) is 11.3 Å². The van der Waals surface area contributed by atoms with E-state index in [-0.39, 0.29) is 17.7 Å². The maximum atomic E-state index is 12.1. The number of thiazole rings is 1. The lowest BCUT2D eigenvalue weighted by Gasteiger charge is -2.10. The van der Waals surface area contributed by atoms with Crippen molar-refractivity contribution >= 4 is 23.2 Å². The topological polar surface area (TPSA) is 71.1 Å². The van der Waals surface area contributed by atoms with E-state index in [0.29, 0.717) is 5.69 Å². The second-order valence-corrected chi connectivity index (χ2v) is 6.87. The number of benzene rings is 1. The molecule has 3 rings (SSSR count). The molecule has 0 unspecified atom stereocenters. The Morgan fingerprint density at radius 1 is 1.17 bits per heavy atom. The van der Waals surface area contributed by atoms with Gasteiger partial charge in [0.2, 0.25) is 5.91 Å². The van der Waals surface area contributed by atoms with Gasteiger partial charge in [-0.05, 0) is 24.8 Å². The zero-order valence-corrected chi connectivity index (χ0v) is 14.5. The summed E-state index contributed by atoms with van der Waals surface area (Å²) in [7, 11) is 0. The molecular weight excluding hydrogens is 322 g/mol. The highest BCUT2D eigenvalue weighted by Crippen LogP contribution is 2.25. The first-order chi connectivity index (χ1) is 11.7. The molecule has 2 N–H and O–H groups in total. The third-order valence-electron chi connectivity index (χ3n) is 4.37. The Bertz CT molecular complexity index is 718. The van der Waals surface area contributed by atoms with Gasteiger partial charge < -0.3 is 0 Å². The molecule has 0 spiro atoms. The molecule has 0 saturated heterocycles. The number of nitrogens with zero attached hydrogens (tertiary/aromatic N) is 1. The molecule has 0 radical (unpaired) electrons. The monoisotopic (exact) mass is 343 g/mol. The summed E-state index contributed by atoms with van der Waals surface area (Å²) in [6.07, 6.45) is 4.95. The minimum atomic E-state index is -0.381. The van der Waals surface area contributed by atoms with Crippen molar-refractivity contribution in [1.82, 2.24) is 15.8 Å². The van der Waals surface area contributed by atoms with Gasteiger partial charge in [0.05, 0.1) is 0 Å². The summed E-state index contributed by atoms with van der Waals surface area (Å²) < 4.78 is 0. The van der Waals surface area contributed by atoms with Gasteiger partial charge in [-0.1, -0.05) is 44.0 Å². The van der Waals surface area contributed by atoms with Crippen molar-refractivity contribution in [3.8, 4) is 10.6 Å². The second kappa shape index (κ2) is 7.57. The van der Waals surface area contributed by atoms with Crippen LogP contribution in [0.5, 0.6) is 0 Å². The lowest BCUT2D eigenvalue weighted by Crippen LogP contribution is -2.44. The van der Waals surface area contributed by atoms with E-state index < -0.39 is 0 Å². The minimum absolute atomic E-state index is 0.0216. The first-order valence-electron chi connectivity index (χ1n) is 8.32. The molecule has 2 aromatic rings. The Kier molecular flexibility index (Phi) is 5.25. The van der Waals surface area contributed by atoms with Crippen LogP contribution in [0.1, 0.15) is 48.7 Å². The summed E-state index contributed by atoms with van der Waals surface area (Å²) in [4.78, 5) is 28.4. The third-order valence-corrected chi connectivity index (χ3v) is 5.26. The highest BCUT2D eigenvalue weighted by Gasteiger charge is 2.23. The predicted molar refractivity (Wildman–Crippen MR) is 94.5 cm³/mol. The lowest BCUT2D eigenvalue weighted by atomic mass is 10.1. The smallest absolute Gasteiger partial charge is 0.273 e. The second-order valence-electron chi connectivity index (χ2n) is 6.01. The highest BCUT2D eigenvalue weighted by atomic mass is 32.1. The van der Waals surface area contributed by atoms with E-state index in [2.05, 4.69) is 34.9 Å². The average molecular weight is 343 g/mol. The number of aromatic nitrogens is 1. The number of hydrogen-bond donors (Lipinski definition) is 2. The molecule has 1 heterocycles. The summed E-state index contributed by atoms with van der Waals surface area (Å²) in [6, 6.07) is 8.17. The fraction of sp³-hybridized carbons (Fsp3) is 0.389. The lowest BCUT2D eigenvalue weighted by molar-refractivity contribution is -0.125. The number of rotatable bonds is 4. The maximum absolute atomic E-state index is 12.1. The van der Waals surface area contributed by atoms with Gasteiger partial charge in [0.1, 0.15) is 10.7 Å². The number of carbonyl (C=O) groups is 2. The highest BCUT2D eigenvalue weighted by molar-refractivity contribution is 7.13. The molecule has 1 saturated carbocycles. The normalized spacial score (nSPS) is 14.5. The SMILES string of the molecule is CCc1ccc(-c2nc(C(=O)NNC(=O)C3CCCC3)cs2)cc1. The number of amides is 2. The van der Waals surface area contributed by atoms with Crippen LogP contribution in [0.2, 0.25) is 0 Å². The van der Waals surface area contributed by atoms with Crippen LogP contribution in [0.25, 0.3) is 10.6 Å². The van der Waals surface area contributed by atoms with Crippen molar-refractivity contribution in [2.45, 2.75) is 39.0 Å². The van der Waals surface area contributed by atoms with E-state index in [1.807, 2.05) is 12.1 Å². The van der Waals surface area contributed by atoms with Crippen molar-refractivity contribution in [3.05, 3.63) is 40.9 Å². The standard InChI is InChI=1S/C18H21N3O2S/c1-2-12-7-9-14(10-8-12)18-19-15(11-24-18)17(23)21-20-16(22)13-5-3-4-6-13/h7-11,13H,2-6H2,1H3,(H,20,22)(H,21,23). The van der Waals surface area contributed by atoms with Crippen molar-refractivity contribution < 1.29 is 9.59 Å². The molecule has 1 fully saturated rings. The van der Waals surface area contributed by atoms with Gasteiger partial charge in [-0.2, -0.15) is 0 Å². The molecular formula is C18H21N3O2S. The Morgan fingerprint density at radius 3 is 2.54 bits per heavy atom. The number of aryl methyl sites for hydroxylation is 1. The van der Waals surface area contributed by atoms with E-state index in [1.165, 1.54) is 16.9 Å². The van der Waals surface area contributed by atoms with Gasteiger partial charge in [-0.3, -0.25) is 20.4 Å². The van der Waals surface area contributed by atoms with E-state index in [9.17, 15) is 9.59 Å². The summed E-state index contributed by atoms with van der Waals surface area (Å²) in [5, 5.41) is 2.50. The molecule has 1 aromatic carbocycles. The Morgan fingerprint density at radius 2 is 1.88 bits per heavy atom. The number of hydrogen-bond acceptors (Lipinski definition) is 4. The van der Waals surface area contributed by atoms with Crippen LogP contribution < -0.4 is 10.9 Å². The molecule has 1 aromatic heterocycles. The molecule has 126 valence electrons. The van der Waals surface area contributed by atoms with Crippen molar-refractivity contribution in [3.63, 3.8) is 0 Å². The van der Waals surface area contributed by atoms with Crippen molar-refractivity contribution in [2.24, 2.45) is 5.92 Å². The number of hydrazine groups is 1. The van der Waals surface area contributed by atoms with Crippen molar-refractivity contribution in [2.75, 3.05) is 0 Å². The number of nitrogens with one attached hydrogen (secondary N) is 2. The summed E-state index contributed by atoms with van der Waals surface area (Å²) >= 11 is 1.42. The van der Waals surface area contributed by atoms with E-state index in [1.54, 1.807) is 5.38 Å². The largest absolute Gasteiger partial charge is 0.289 e. The minimum Gasteiger partial charge on any atom is -0.273 e. The average Bonchev–Trinajstić information content (AvgIpc) is 3.31. The molecule has 2 amide bonds. The fourth-order valence-corrected chi connectivity index (χ4v) is 3.67. The van der Waals surface area contributed by atoms with Crippen LogP contribution in [0.15, 0.2) is 29.6 Å². The fourth-order valence-electron chi connectivity index (χ4n) is 2.87. The van der Waals surface area contributed by atoms with E-state index in [0.717, 1.165) is 42.7 Å². The zero-order chi connectivity index (χ0) is 16.9. The summed E-state index contributed by atoms with van der Waals surface area (Å²) in [5.41, 5.74) is 7.56. The molecule has 6 heteroatoms. The van der Waals surface area contributed by atoms with Crippen LogP contribution in [-0.4, -0.2) is 16.8 Å². The zero-order valence-electron chi connectivity index (χ0n) is 13.7. The van der Waals surface area contributed by atoms with Gasteiger partial charge in [0.15, 0.2) is 0 Å². The van der Waals surface area contributed by atoms with Crippen LogP contribution in [0.3, 0.4) is 0 Å². The molecule has 0 atom stereocenters. The van der Waals surface area contributed by atoms with Gasteiger partial charge in [-0.25, -0.2) is 4.98 Å². The first-order valence-corrected chi connectivity index (χ1v) is 9.20. The summed E-state index contributed by atoms with van der Waals surface area (Å²) in [5.74, 6) is -0.464. The summed E-state index contributed by atoms with van der Waals surface area (Å²) in [6.45, 7) is 2.11. The van der Waals surface area contributed by atoms with Crippen LogP contribution in [0, 0.1) is 5.92 Å². The van der Waals surface area contributed by atoms with Crippen LogP contribution in [-0.2, 0) is 11.2 Å². The number of carbonyl (C=O) groups excluding carboxylic acids is 2. The van der Waals surface area contributed by atoms with Gasteiger partial charge in [0, 0.05) is 16.9 Å². The molecule has 0 bridgehead atoms. The Hall–Kier alpha value is -2.21. The van der Waals surface area contributed by atoms with Crippen molar-refractivity contribution in [1.29, 1.82) is 0 Å². The van der Waals surface area contributed by atoms with Crippen LogP contribution in [0.4, 0.5) is 0 Å². The molecule has 24 heavy (non-hydrogen) atoms. The predicted octanol–water partition coefficient (Wildman–Crippen LogP) is 3.32. The molecule has 1 aliphatic carbocycles. The maximum Gasteiger partial charge on any atom is 0.289 e. The van der Waals surface area contributed by atoms with E-state index >= 15 is 0 Å².